The number of non-ortho nitro benzene ring substituents is 1. The smallest absolute Gasteiger partial charge is 0.269 e. The van der Waals surface area contributed by atoms with Crippen molar-refractivity contribution in [2.45, 2.75) is 4.90 Å². The molecule has 0 aliphatic carbocycles. The zero-order chi connectivity index (χ0) is 21.7. The Labute approximate surface area is 172 Å². The van der Waals surface area contributed by atoms with E-state index in [0.717, 1.165) is 24.3 Å². The molecule has 3 rings (SSSR count). The number of amides is 1. The number of methoxy groups -OCH3 is 1. The maximum atomic E-state index is 12.7. The van der Waals surface area contributed by atoms with Crippen molar-refractivity contribution in [2.24, 2.45) is 0 Å². The third-order valence-electron chi connectivity index (χ3n) is 4.10. The Morgan fingerprint density at radius 2 is 1.67 bits per heavy atom. The first kappa shape index (κ1) is 20.8. The van der Waals surface area contributed by atoms with E-state index < -0.39 is 20.9 Å². The monoisotopic (exact) mass is 427 g/mol. The second-order valence-electron chi connectivity index (χ2n) is 6.09. The van der Waals surface area contributed by atoms with Crippen molar-refractivity contribution < 1.29 is 22.9 Å². The fourth-order valence-electron chi connectivity index (χ4n) is 2.60. The molecule has 0 aliphatic rings. The van der Waals surface area contributed by atoms with Gasteiger partial charge >= 0.3 is 0 Å². The lowest BCUT2D eigenvalue weighted by atomic mass is 10.1. The molecule has 0 atom stereocenters. The molecule has 3 aromatic carbocycles. The Hall–Kier alpha value is -3.92. The molecular weight excluding hydrogens is 410 g/mol. The van der Waals surface area contributed by atoms with Gasteiger partial charge in [0.1, 0.15) is 5.75 Å². The molecule has 0 saturated carbocycles. The minimum Gasteiger partial charge on any atom is -0.495 e. The summed E-state index contributed by atoms with van der Waals surface area (Å²) in [6.07, 6.45) is 0. The molecule has 0 fully saturated rings. The van der Waals surface area contributed by atoms with Gasteiger partial charge < -0.3 is 10.1 Å². The van der Waals surface area contributed by atoms with E-state index in [0.29, 0.717) is 5.69 Å². The zero-order valence-corrected chi connectivity index (χ0v) is 16.5. The third kappa shape index (κ3) is 4.73. The van der Waals surface area contributed by atoms with E-state index in [2.05, 4.69) is 10.0 Å². The van der Waals surface area contributed by atoms with Crippen molar-refractivity contribution in [1.82, 2.24) is 0 Å². The molecule has 154 valence electrons. The van der Waals surface area contributed by atoms with Crippen LogP contribution in [0.2, 0.25) is 0 Å². The lowest BCUT2D eigenvalue weighted by molar-refractivity contribution is -0.384. The van der Waals surface area contributed by atoms with Crippen LogP contribution in [0.15, 0.2) is 77.7 Å². The maximum Gasteiger partial charge on any atom is 0.269 e. The van der Waals surface area contributed by atoms with E-state index in [-0.39, 0.29) is 27.6 Å². The number of ether oxygens (including phenoxy) is 1. The van der Waals surface area contributed by atoms with Crippen LogP contribution < -0.4 is 14.8 Å². The summed E-state index contributed by atoms with van der Waals surface area (Å²) in [6, 6.07) is 17.5. The quantitative estimate of drug-likeness (QED) is 0.437. The molecule has 10 heteroatoms. The van der Waals surface area contributed by atoms with E-state index in [9.17, 15) is 23.3 Å². The highest BCUT2D eigenvalue weighted by Crippen LogP contribution is 2.29. The summed E-state index contributed by atoms with van der Waals surface area (Å²) in [6.45, 7) is 0. The van der Waals surface area contributed by atoms with Crippen molar-refractivity contribution >= 4 is 33.0 Å². The summed E-state index contributed by atoms with van der Waals surface area (Å²) in [5.74, 6) is -0.226. The van der Waals surface area contributed by atoms with E-state index >= 15 is 0 Å². The molecule has 0 aliphatic heterocycles. The highest BCUT2D eigenvalue weighted by molar-refractivity contribution is 7.92. The number of hydrogen-bond acceptors (Lipinski definition) is 6. The molecule has 0 heterocycles. The van der Waals surface area contributed by atoms with Crippen LogP contribution in [0.1, 0.15) is 10.4 Å². The SMILES string of the molecule is COc1ccc(C(=O)Nc2ccccc2)cc1NS(=O)(=O)c1ccc([N+](=O)[O-])cc1. The van der Waals surface area contributed by atoms with E-state index in [1.54, 1.807) is 24.3 Å². The molecule has 30 heavy (non-hydrogen) atoms. The van der Waals surface area contributed by atoms with Crippen molar-refractivity contribution in [3.63, 3.8) is 0 Å². The van der Waals surface area contributed by atoms with Gasteiger partial charge in [-0.15, -0.1) is 0 Å². The molecule has 2 N–H and O–H groups in total. The van der Waals surface area contributed by atoms with Crippen molar-refractivity contribution in [3.8, 4) is 5.75 Å². The van der Waals surface area contributed by atoms with Gasteiger partial charge in [0, 0.05) is 23.4 Å². The van der Waals surface area contributed by atoms with E-state index in [1.165, 1.54) is 25.3 Å². The normalized spacial score (nSPS) is 10.8. The molecule has 0 radical (unpaired) electrons. The molecule has 1 amide bonds. The summed E-state index contributed by atoms with van der Waals surface area (Å²) < 4.78 is 32.9. The molecule has 9 nitrogen and oxygen atoms in total. The van der Waals surface area contributed by atoms with Crippen LogP contribution in [0.4, 0.5) is 17.1 Å². The number of benzene rings is 3. The number of hydrogen-bond donors (Lipinski definition) is 2. The van der Waals surface area contributed by atoms with Crippen LogP contribution in [0, 0.1) is 10.1 Å². The standard InChI is InChI=1S/C20H17N3O6S/c1-29-19-12-7-14(20(24)21-15-5-3-2-4-6-15)13-18(19)22-30(27,28)17-10-8-16(9-11-17)23(25)26/h2-13,22H,1H3,(H,21,24). The lowest BCUT2D eigenvalue weighted by Gasteiger charge is -2.13. The number of nitro benzene ring substituents is 1. The Morgan fingerprint density at radius 3 is 2.27 bits per heavy atom. The second kappa shape index (κ2) is 8.62. The predicted octanol–water partition coefficient (Wildman–Crippen LogP) is 3.66. The Kier molecular flexibility index (Phi) is 5.98. The van der Waals surface area contributed by atoms with Crippen LogP contribution in [0.5, 0.6) is 5.75 Å². The third-order valence-corrected chi connectivity index (χ3v) is 5.48. The molecule has 0 saturated heterocycles. The number of para-hydroxylation sites is 1. The number of nitrogens with one attached hydrogen (secondary N) is 2. The molecule has 0 aromatic heterocycles. The Balaban J connectivity index is 1.87. The van der Waals surface area contributed by atoms with Gasteiger partial charge in [0.15, 0.2) is 0 Å². The highest BCUT2D eigenvalue weighted by atomic mass is 32.2. The zero-order valence-electron chi connectivity index (χ0n) is 15.7. The van der Waals surface area contributed by atoms with Crippen molar-refractivity contribution in [1.29, 1.82) is 0 Å². The maximum absolute atomic E-state index is 12.7. The van der Waals surface area contributed by atoms with Gasteiger partial charge in [-0.1, -0.05) is 18.2 Å². The molecule has 0 unspecified atom stereocenters. The van der Waals surface area contributed by atoms with Gasteiger partial charge in [0.2, 0.25) is 0 Å². The molecule has 0 spiro atoms. The fraction of sp³-hybridized carbons (Fsp3) is 0.0500. The number of carbonyl (C=O) groups excluding carboxylic acids is 1. The number of nitro groups is 1. The number of rotatable bonds is 7. The van der Waals surface area contributed by atoms with E-state index in [4.69, 9.17) is 4.74 Å². The fourth-order valence-corrected chi connectivity index (χ4v) is 3.67. The number of sulfonamides is 1. The molecule has 0 bridgehead atoms. The summed E-state index contributed by atoms with van der Waals surface area (Å²) in [7, 11) is -2.71. The molecular formula is C20H17N3O6S. The largest absolute Gasteiger partial charge is 0.495 e. The topological polar surface area (TPSA) is 128 Å². The first-order valence-electron chi connectivity index (χ1n) is 8.62. The van der Waals surface area contributed by atoms with Crippen LogP contribution >= 0.6 is 0 Å². The van der Waals surface area contributed by atoms with Gasteiger partial charge in [-0.05, 0) is 42.5 Å². The average molecular weight is 427 g/mol. The average Bonchev–Trinajstić information content (AvgIpc) is 2.74. The van der Waals surface area contributed by atoms with Crippen LogP contribution in [-0.4, -0.2) is 26.4 Å². The van der Waals surface area contributed by atoms with Gasteiger partial charge in [0.25, 0.3) is 21.6 Å². The van der Waals surface area contributed by atoms with Crippen LogP contribution in [-0.2, 0) is 10.0 Å². The molecule has 3 aromatic rings. The number of anilines is 2. The van der Waals surface area contributed by atoms with Crippen molar-refractivity contribution in [3.05, 3.63) is 88.5 Å². The summed E-state index contributed by atoms with van der Waals surface area (Å²) in [4.78, 5) is 22.5. The summed E-state index contributed by atoms with van der Waals surface area (Å²) in [5, 5.41) is 13.5. The van der Waals surface area contributed by atoms with Crippen molar-refractivity contribution in [2.75, 3.05) is 17.1 Å². The van der Waals surface area contributed by atoms with Gasteiger partial charge in [0.05, 0.1) is 22.6 Å². The first-order chi connectivity index (χ1) is 14.3. The first-order valence-corrected chi connectivity index (χ1v) is 10.1. The van der Waals surface area contributed by atoms with E-state index in [1.807, 2.05) is 6.07 Å². The Morgan fingerprint density at radius 1 is 1.00 bits per heavy atom. The predicted molar refractivity (Wildman–Crippen MR) is 111 cm³/mol. The second-order valence-corrected chi connectivity index (χ2v) is 7.77. The minimum absolute atomic E-state index is 0.0524. The van der Waals surface area contributed by atoms with Gasteiger partial charge in [-0.2, -0.15) is 0 Å². The number of nitrogens with zero attached hydrogens (tertiary/aromatic N) is 1. The lowest BCUT2D eigenvalue weighted by Crippen LogP contribution is -2.16. The van der Waals surface area contributed by atoms with Crippen LogP contribution in [0.25, 0.3) is 0 Å². The van der Waals surface area contributed by atoms with Crippen LogP contribution in [0.3, 0.4) is 0 Å². The van der Waals surface area contributed by atoms with Gasteiger partial charge in [-0.25, -0.2) is 8.42 Å². The van der Waals surface area contributed by atoms with Gasteiger partial charge in [-0.3, -0.25) is 19.6 Å². The highest BCUT2D eigenvalue weighted by Gasteiger charge is 2.19. The summed E-state index contributed by atoms with van der Waals surface area (Å²) in [5.41, 5.74) is 0.620. The minimum atomic E-state index is -4.07. The Bertz CT molecular complexity index is 1180. The number of carbonyl (C=O) groups is 1. The summed E-state index contributed by atoms with van der Waals surface area (Å²) >= 11 is 0.